The average molecular weight is 344 g/mol. The fourth-order valence-corrected chi connectivity index (χ4v) is 3.03. The van der Waals surface area contributed by atoms with Crippen LogP contribution in [-0.2, 0) is 11.8 Å². The summed E-state index contributed by atoms with van der Waals surface area (Å²) in [6.45, 7) is 3.57. The molecule has 7 heteroatoms. The van der Waals surface area contributed by atoms with Gasteiger partial charge in [-0.3, -0.25) is 14.5 Å². The number of aliphatic hydroxyl groups is 1. The van der Waals surface area contributed by atoms with Crippen LogP contribution < -0.4 is 4.74 Å². The lowest BCUT2D eigenvalue weighted by Crippen LogP contribution is -2.46. The van der Waals surface area contributed by atoms with Crippen molar-refractivity contribution in [2.24, 2.45) is 7.05 Å². The Labute approximate surface area is 147 Å². The van der Waals surface area contributed by atoms with Crippen molar-refractivity contribution in [3.05, 3.63) is 36.7 Å². The zero-order valence-corrected chi connectivity index (χ0v) is 14.6. The number of hydrogen-bond acceptors (Lipinski definition) is 5. The third kappa shape index (κ3) is 4.37. The van der Waals surface area contributed by atoms with Crippen molar-refractivity contribution in [1.82, 2.24) is 19.8 Å². The summed E-state index contributed by atoms with van der Waals surface area (Å²) in [5.74, 6) is 0.716. The highest BCUT2D eigenvalue weighted by Gasteiger charge is 2.26. The number of hydrazine groups is 1. The molecular formula is C18H24N4O3. The average Bonchev–Trinajstić information content (AvgIpc) is 3.20. The fourth-order valence-electron chi connectivity index (χ4n) is 3.03. The molecule has 2 heterocycles. The monoisotopic (exact) mass is 344 g/mol. The maximum atomic E-state index is 11.9. The first-order chi connectivity index (χ1) is 12.0. The van der Waals surface area contributed by atoms with Crippen molar-refractivity contribution < 1.29 is 14.6 Å². The first-order valence-electron chi connectivity index (χ1n) is 8.46. The van der Waals surface area contributed by atoms with Crippen molar-refractivity contribution in [2.45, 2.75) is 19.4 Å². The fraction of sp³-hybridized carbons (Fsp3) is 0.444. The molecular weight excluding hydrogens is 320 g/mol. The molecule has 0 unspecified atom stereocenters. The van der Waals surface area contributed by atoms with E-state index in [1.54, 1.807) is 9.69 Å². The predicted molar refractivity (Wildman–Crippen MR) is 93.7 cm³/mol. The van der Waals surface area contributed by atoms with E-state index in [0.29, 0.717) is 32.7 Å². The van der Waals surface area contributed by atoms with Crippen LogP contribution in [0.15, 0.2) is 36.7 Å². The first kappa shape index (κ1) is 17.4. The Bertz CT molecular complexity index is 731. The molecule has 1 amide bonds. The van der Waals surface area contributed by atoms with Crippen LogP contribution in [0.2, 0.25) is 0 Å². The molecule has 3 rings (SSSR count). The maximum Gasteiger partial charge on any atom is 0.233 e. The van der Waals surface area contributed by atoms with E-state index in [-0.39, 0.29) is 12.0 Å². The van der Waals surface area contributed by atoms with Gasteiger partial charge in [0.15, 0.2) is 0 Å². The van der Waals surface area contributed by atoms with Crippen LogP contribution in [-0.4, -0.2) is 63.2 Å². The lowest BCUT2D eigenvalue weighted by atomic mass is 10.1. The summed E-state index contributed by atoms with van der Waals surface area (Å²) in [7, 11) is 1.88. The van der Waals surface area contributed by atoms with Crippen molar-refractivity contribution in [2.75, 3.05) is 26.2 Å². The van der Waals surface area contributed by atoms with Gasteiger partial charge < -0.3 is 9.84 Å². The lowest BCUT2D eigenvalue weighted by molar-refractivity contribution is -0.146. The van der Waals surface area contributed by atoms with E-state index in [4.69, 9.17) is 4.74 Å². The Kier molecular flexibility index (Phi) is 5.35. The number of rotatable bonds is 6. The maximum absolute atomic E-state index is 11.9. The second kappa shape index (κ2) is 7.67. The molecule has 1 atom stereocenters. The summed E-state index contributed by atoms with van der Waals surface area (Å²) >= 11 is 0. The number of nitrogens with zero attached hydrogens (tertiary/aromatic N) is 4. The van der Waals surface area contributed by atoms with Crippen LogP contribution in [0.5, 0.6) is 5.75 Å². The third-order valence-electron chi connectivity index (χ3n) is 4.29. The first-order valence-corrected chi connectivity index (χ1v) is 8.46. The van der Waals surface area contributed by atoms with E-state index in [9.17, 15) is 9.90 Å². The van der Waals surface area contributed by atoms with Gasteiger partial charge in [-0.2, -0.15) is 5.10 Å². The normalized spacial score (nSPS) is 17.6. The summed E-state index contributed by atoms with van der Waals surface area (Å²) in [5, 5.41) is 17.4. The second-order valence-electron chi connectivity index (χ2n) is 6.28. The zero-order valence-electron chi connectivity index (χ0n) is 14.6. The summed E-state index contributed by atoms with van der Waals surface area (Å²) in [5.41, 5.74) is 2.07. The molecule has 1 aromatic heterocycles. The quantitative estimate of drug-likeness (QED) is 0.855. The molecule has 25 heavy (non-hydrogen) atoms. The van der Waals surface area contributed by atoms with Gasteiger partial charge in [0.2, 0.25) is 5.91 Å². The number of hydrogen-bond donors (Lipinski definition) is 1. The number of aliphatic hydroxyl groups excluding tert-OH is 1. The Morgan fingerprint density at radius 2 is 2.28 bits per heavy atom. The molecule has 0 spiro atoms. The van der Waals surface area contributed by atoms with Gasteiger partial charge >= 0.3 is 0 Å². The topological polar surface area (TPSA) is 70.8 Å². The summed E-state index contributed by atoms with van der Waals surface area (Å²) in [4.78, 5) is 11.9. The Hall–Kier alpha value is -2.38. The molecule has 1 aliphatic heterocycles. The van der Waals surface area contributed by atoms with E-state index in [1.165, 1.54) is 6.92 Å². The van der Waals surface area contributed by atoms with Crippen LogP contribution in [0.1, 0.15) is 13.3 Å². The largest absolute Gasteiger partial charge is 0.492 e. The number of amides is 1. The molecule has 1 aliphatic rings. The minimum absolute atomic E-state index is 0.0400. The highest BCUT2D eigenvalue weighted by Crippen LogP contribution is 2.23. The number of aromatic nitrogens is 2. The van der Waals surface area contributed by atoms with E-state index in [1.807, 2.05) is 48.7 Å². The second-order valence-corrected chi connectivity index (χ2v) is 6.28. The van der Waals surface area contributed by atoms with E-state index in [0.717, 1.165) is 16.9 Å². The van der Waals surface area contributed by atoms with Crippen LogP contribution >= 0.6 is 0 Å². The standard InChI is InChI=1S/C18H24N4O3/c1-14(23)22(21-7-6-17(24)13-21)8-9-25-18-5-3-4-15(10-18)16-11-19-20(2)12-16/h3-5,10-12,17,24H,6-9,13H2,1-2H3/t17-/m1/s1. The molecule has 0 radical (unpaired) electrons. The molecule has 1 aromatic carbocycles. The van der Waals surface area contributed by atoms with Crippen molar-refractivity contribution in [3.8, 4) is 16.9 Å². The van der Waals surface area contributed by atoms with Crippen LogP contribution in [0.3, 0.4) is 0 Å². The molecule has 1 saturated heterocycles. The zero-order chi connectivity index (χ0) is 17.8. The SMILES string of the molecule is CC(=O)N(CCOc1cccc(-c2cnn(C)c2)c1)N1CC[C@@H](O)C1. The summed E-state index contributed by atoms with van der Waals surface area (Å²) < 4.78 is 7.59. The molecule has 0 bridgehead atoms. The number of ether oxygens (including phenoxy) is 1. The van der Waals surface area contributed by atoms with Gasteiger partial charge in [0.25, 0.3) is 0 Å². The Morgan fingerprint density at radius 1 is 1.44 bits per heavy atom. The van der Waals surface area contributed by atoms with Gasteiger partial charge in [0.1, 0.15) is 12.4 Å². The number of carbonyl (C=O) groups is 1. The minimum Gasteiger partial charge on any atom is -0.492 e. The minimum atomic E-state index is -0.362. The molecule has 1 fully saturated rings. The number of aryl methyl sites for hydroxylation is 1. The Balaban J connectivity index is 1.58. The molecule has 0 aliphatic carbocycles. The number of carbonyl (C=O) groups excluding carboxylic acids is 1. The van der Waals surface area contributed by atoms with Gasteiger partial charge in [0, 0.05) is 38.8 Å². The van der Waals surface area contributed by atoms with E-state index < -0.39 is 0 Å². The highest BCUT2D eigenvalue weighted by atomic mass is 16.5. The molecule has 0 saturated carbocycles. The summed E-state index contributed by atoms with van der Waals surface area (Å²) in [6, 6.07) is 7.82. The van der Waals surface area contributed by atoms with Crippen LogP contribution in [0, 0.1) is 0 Å². The summed E-state index contributed by atoms with van der Waals surface area (Å²) in [6.07, 6.45) is 4.10. The number of benzene rings is 1. The number of β-amino-alcohol motifs (C(OH)–C–C–N with tert-alkyl or cyclic N) is 1. The molecule has 7 nitrogen and oxygen atoms in total. The van der Waals surface area contributed by atoms with Gasteiger partial charge in [0.05, 0.1) is 18.8 Å². The van der Waals surface area contributed by atoms with Gasteiger partial charge in [-0.05, 0) is 24.1 Å². The van der Waals surface area contributed by atoms with Crippen molar-refractivity contribution >= 4 is 5.91 Å². The third-order valence-corrected chi connectivity index (χ3v) is 4.29. The van der Waals surface area contributed by atoms with Crippen LogP contribution in [0.4, 0.5) is 0 Å². The van der Waals surface area contributed by atoms with Gasteiger partial charge in [-0.15, -0.1) is 0 Å². The van der Waals surface area contributed by atoms with E-state index in [2.05, 4.69) is 5.10 Å². The predicted octanol–water partition coefficient (Wildman–Crippen LogP) is 1.30. The molecule has 2 aromatic rings. The van der Waals surface area contributed by atoms with E-state index >= 15 is 0 Å². The lowest BCUT2D eigenvalue weighted by Gasteiger charge is -2.30. The smallest absolute Gasteiger partial charge is 0.233 e. The highest BCUT2D eigenvalue weighted by molar-refractivity contribution is 5.72. The molecule has 1 N–H and O–H groups in total. The Morgan fingerprint density at radius 3 is 2.92 bits per heavy atom. The molecule has 134 valence electrons. The van der Waals surface area contributed by atoms with Crippen molar-refractivity contribution in [1.29, 1.82) is 0 Å². The van der Waals surface area contributed by atoms with Crippen molar-refractivity contribution in [3.63, 3.8) is 0 Å². The van der Waals surface area contributed by atoms with Gasteiger partial charge in [-0.25, -0.2) is 5.01 Å². The van der Waals surface area contributed by atoms with Gasteiger partial charge in [-0.1, -0.05) is 12.1 Å². The van der Waals surface area contributed by atoms with Crippen LogP contribution in [0.25, 0.3) is 11.1 Å².